The van der Waals surface area contributed by atoms with Crippen molar-refractivity contribution < 1.29 is 33.9 Å². The fourth-order valence-electron chi connectivity index (χ4n) is 2.89. The second kappa shape index (κ2) is 8.45. The highest BCUT2D eigenvalue weighted by molar-refractivity contribution is 6.39. The number of benzene rings is 2. The molecule has 0 radical (unpaired) electrons. The highest BCUT2D eigenvalue weighted by Gasteiger charge is 2.37. The largest absolute Gasteiger partial charge is 0.493 e. The number of carboxylic acid groups (broad SMARTS) is 1. The van der Waals surface area contributed by atoms with Gasteiger partial charge in [0.05, 0.1) is 17.2 Å². The van der Waals surface area contributed by atoms with E-state index < -0.39 is 34.3 Å². The van der Waals surface area contributed by atoms with Gasteiger partial charge in [0.1, 0.15) is 16.9 Å². The zero-order valence-electron chi connectivity index (χ0n) is 16.0. The van der Waals surface area contributed by atoms with Crippen LogP contribution in [0.3, 0.4) is 0 Å². The minimum atomic E-state index is -1.27. The molecule has 2 aromatic carbocycles. The molecule has 1 heterocycles. The molecule has 1 aliphatic rings. The van der Waals surface area contributed by atoms with Crippen molar-refractivity contribution in [1.82, 2.24) is 5.32 Å². The first-order chi connectivity index (χ1) is 14.7. The number of barbiturate groups is 1. The number of urea groups is 1. The first-order valence-corrected chi connectivity index (χ1v) is 8.89. The summed E-state index contributed by atoms with van der Waals surface area (Å²) in [6, 6.07) is 7.78. The number of carbonyl (C=O) groups excluding carboxylic acids is 3. The van der Waals surface area contributed by atoms with Gasteiger partial charge in [-0.25, -0.2) is 14.5 Å². The maximum atomic E-state index is 12.9. The number of carboxylic acids is 1. The van der Waals surface area contributed by atoms with Crippen LogP contribution in [0.5, 0.6) is 5.75 Å². The molecule has 2 aromatic rings. The van der Waals surface area contributed by atoms with Crippen molar-refractivity contribution in [2.75, 3.05) is 11.5 Å². The van der Waals surface area contributed by atoms with E-state index in [2.05, 4.69) is 0 Å². The van der Waals surface area contributed by atoms with Crippen molar-refractivity contribution in [3.63, 3.8) is 0 Å². The summed E-state index contributed by atoms with van der Waals surface area (Å²) in [4.78, 5) is 59.8. The number of carbonyl (C=O) groups is 4. The topological polar surface area (TPSA) is 156 Å². The van der Waals surface area contributed by atoms with Crippen LogP contribution < -0.4 is 15.0 Å². The molecular weight excluding hydrogens is 410 g/mol. The van der Waals surface area contributed by atoms with Crippen LogP contribution in [0.1, 0.15) is 22.8 Å². The van der Waals surface area contributed by atoms with E-state index in [9.17, 15) is 34.4 Å². The quantitative estimate of drug-likeness (QED) is 0.309. The molecule has 11 nitrogen and oxygen atoms in total. The van der Waals surface area contributed by atoms with E-state index in [0.29, 0.717) is 4.90 Å². The van der Waals surface area contributed by atoms with Crippen LogP contribution >= 0.6 is 0 Å². The molecule has 1 saturated heterocycles. The SMILES string of the molecule is CCOc1ccc(C=C2C(=O)NC(=O)N(c3cccc([N+](=O)[O-])c3)C2=O)cc1C(=O)O. The molecule has 31 heavy (non-hydrogen) atoms. The molecule has 0 aromatic heterocycles. The number of nitrogens with zero attached hydrogens (tertiary/aromatic N) is 2. The Morgan fingerprint density at radius 2 is 1.97 bits per heavy atom. The second-order valence-electron chi connectivity index (χ2n) is 6.23. The lowest BCUT2D eigenvalue weighted by Gasteiger charge is -2.26. The minimum absolute atomic E-state index is 0.104. The van der Waals surface area contributed by atoms with Crippen molar-refractivity contribution in [3.8, 4) is 5.75 Å². The molecule has 4 amide bonds. The zero-order chi connectivity index (χ0) is 22.7. The molecule has 0 spiro atoms. The summed E-state index contributed by atoms with van der Waals surface area (Å²) in [5.41, 5.74) is -0.878. The van der Waals surface area contributed by atoms with Gasteiger partial charge < -0.3 is 9.84 Å². The molecule has 1 fully saturated rings. The molecule has 158 valence electrons. The summed E-state index contributed by atoms with van der Waals surface area (Å²) < 4.78 is 5.25. The summed E-state index contributed by atoms with van der Waals surface area (Å²) in [5.74, 6) is -3.15. The third kappa shape index (κ3) is 4.24. The highest BCUT2D eigenvalue weighted by atomic mass is 16.6. The molecule has 3 rings (SSSR count). The van der Waals surface area contributed by atoms with E-state index in [-0.39, 0.29) is 34.9 Å². The van der Waals surface area contributed by atoms with Crippen LogP contribution in [0.2, 0.25) is 0 Å². The number of anilines is 1. The zero-order valence-corrected chi connectivity index (χ0v) is 16.0. The maximum absolute atomic E-state index is 12.9. The van der Waals surface area contributed by atoms with Crippen LogP contribution in [0.15, 0.2) is 48.0 Å². The lowest BCUT2D eigenvalue weighted by atomic mass is 10.0. The van der Waals surface area contributed by atoms with Crippen LogP contribution in [0.4, 0.5) is 16.2 Å². The predicted molar refractivity (Wildman–Crippen MR) is 107 cm³/mol. The van der Waals surface area contributed by atoms with Gasteiger partial charge in [0.2, 0.25) is 0 Å². The molecule has 11 heteroatoms. The van der Waals surface area contributed by atoms with Crippen molar-refractivity contribution in [2.24, 2.45) is 0 Å². The predicted octanol–water partition coefficient (Wildman–Crippen LogP) is 2.36. The number of hydrogen-bond acceptors (Lipinski definition) is 7. The van der Waals surface area contributed by atoms with Crippen LogP contribution in [-0.4, -0.2) is 40.5 Å². The molecule has 2 N–H and O–H groups in total. The average molecular weight is 425 g/mol. The number of nitrogens with one attached hydrogen (secondary N) is 1. The van der Waals surface area contributed by atoms with E-state index in [1.165, 1.54) is 36.4 Å². The molecule has 0 unspecified atom stereocenters. The summed E-state index contributed by atoms with van der Waals surface area (Å²) in [6.45, 7) is 1.92. The van der Waals surface area contributed by atoms with Crippen LogP contribution in [0, 0.1) is 10.1 Å². The van der Waals surface area contributed by atoms with Gasteiger partial charge in [0.15, 0.2) is 0 Å². The molecular formula is C20H15N3O8. The Bertz CT molecular complexity index is 1150. The number of hydrogen-bond donors (Lipinski definition) is 2. The van der Waals surface area contributed by atoms with E-state index in [1.54, 1.807) is 6.92 Å². The second-order valence-corrected chi connectivity index (χ2v) is 6.23. The molecule has 0 aliphatic carbocycles. The Morgan fingerprint density at radius 1 is 1.23 bits per heavy atom. The first-order valence-electron chi connectivity index (χ1n) is 8.89. The molecule has 0 saturated carbocycles. The third-order valence-corrected chi connectivity index (χ3v) is 4.25. The Balaban J connectivity index is 2.03. The minimum Gasteiger partial charge on any atom is -0.493 e. The summed E-state index contributed by atoms with van der Waals surface area (Å²) >= 11 is 0. The van der Waals surface area contributed by atoms with Gasteiger partial charge in [-0.15, -0.1) is 0 Å². The Labute approximate surface area is 174 Å². The third-order valence-electron chi connectivity index (χ3n) is 4.25. The normalized spacial score (nSPS) is 15.1. The van der Waals surface area contributed by atoms with Gasteiger partial charge in [-0.1, -0.05) is 12.1 Å². The number of nitro groups is 1. The van der Waals surface area contributed by atoms with Gasteiger partial charge in [0.25, 0.3) is 17.5 Å². The van der Waals surface area contributed by atoms with Crippen LogP contribution in [0.25, 0.3) is 6.08 Å². The first kappa shape index (κ1) is 21.2. The number of non-ortho nitro benzene ring substituents is 1. The standard InChI is InChI=1S/C20H15N3O8/c1-2-31-16-7-6-11(8-14(16)19(26)27)9-15-17(24)21-20(28)22(18(15)25)12-4-3-5-13(10-12)23(29)30/h3-10H,2H2,1H3,(H,26,27)(H,21,24,28). The number of aromatic carboxylic acids is 1. The number of nitro benzene ring substituents is 1. The lowest BCUT2D eigenvalue weighted by Crippen LogP contribution is -2.54. The summed E-state index contributed by atoms with van der Waals surface area (Å²) in [5, 5.41) is 22.4. The number of rotatable bonds is 6. The Morgan fingerprint density at radius 3 is 2.61 bits per heavy atom. The maximum Gasteiger partial charge on any atom is 0.339 e. The number of amides is 4. The Hall–Kier alpha value is -4.54. The van der Waals surface area contributed by atoms with Crippen molar-refractivity contribution in [1.29, 1.82) is 0 Å². The van der Waals surface area contributed by atoms with Gasteiger partial charge in [0, 0.05) is 12.1 Å². The van der Waals surface area contributed by atoms with Crippen molar-refractivity contribution in [3.05, 3.63) is 69.3 Å². The van der Waals surface area contributed by atoms with Crippen molar-refractivity contribution >= 4 is 41.3 Å². The van der Waals surface area contributed by atoms with E-state index >= 15 is 0 Å². The number of ether oxygens (including phenoxy) is 1. The lowest BCUT2D eigenvalue weighted by molar-refractivity contribution is -0.384. The van der Waals surface area contributed by atoms with Gasteiger partial charge in [-0.3, -0.25) is 25.0 Å². The van der Waals surface area contributed by atoms with Gasteiger partial charge in [-0.05, 0) is 36.8 Å². The molecule has 1 aliphatic heterocycles. The average Bonchev–Trinajstić information content (AvgIpc) is 2.72. The van der Waals surface area contributed by atoms with E-state index in [0.717, 1.165) is 12.1 Å². The highest BCUT2D eigenvalue weighted by Crippen LogP contribution is 2.27. The van der Waals surface area contributed by atoms with Gasteiger partial charge >= 0.3 is 12.0 Å². The van der Waals surface area contributed by atoms with Crippen LogP contribution in [-0.2, 0) is 9.59 Å². The van der Waals surface area contributed by atoms with E-state index in [4.69, 9.17) is 4.74 Å². The van der Waals surface area contributed by atoms with Crippen molar-refractivity contribution in [2.45, 2.75) is 6.92 Å². The smallest absolute Gasteiger partial charge is 0.339 e. The fraction of sp³-hybridized carbons (Fsp3) is 0.100. The summed E-state index contributed by atoms with van der Waals surface area (Å²) in [7, 11) is 0. The Kier molecular flexibility index (Phi) is 5.77. The van der Waals surface area contributed by atoms with Gasteiger partial charge in [-0.2, -0.15) is 0 Å². The summed E-state index contributed by atoms with van der Waals surface area (Å²) in [6.07, 6.45) is 1.12. The monoisotopic (exact) mass is 425 g/mol. The molecule has 0 bridgehead atoms. The molecule has 0 atom stereocenters. The fourth-order valence-corrected chi connectivity index (χ4v) is 2.89. The van der Waals surface area contributed by atoms with E-state index in [1.807, 2.05) is 5.32 Å². The number of imide groups is 2.